The van der Waals surface area contributed by atoms with Gasteiger partial charge in [0.25, 0.3) is 11.5 Å². The number of carbonyl (C=O) groups is 2. The number of hydrogen-bond acceptors (Lipinski definition) is 6. The second kappa shape index (κ2) is 8.86. The summed E-state index contributed by atoms with van der Waals surface area (Å²) >= 11 is 0. The largest absolute Gasteiger partial charge is 0.465 e. The zero-order chi connectivity index (χ0) is 24.6. The van der Waals surface area contributed by atoms with Crippen LogP contribution in [0.15, 0.2) is 75.5 Å². The van der Waals surface area contributed by atoms with Crippen LogP contribution in [0.1, 0.15) is 34.3 Å². The Labute approximate surface area is 195 Å². The predicted octanol–water partition coefficient (Wildman–Crippen LogP) is 2.34. The summed E-state index contributed by atoms with van der Waals surface area (Å²) < 4.78 is 7.14. The summed E-state index contributed by atoms with van der Waals surface area (Å²) in [7, 11) is 4.26. The molecule has 174 valence electrons. The molecule has 0 saturated carbocycles. The molecule has 0 saturated heterocycles. The molecule has 0 fully saturated rings. The van der Waals surface area contributed by atoms with Gasteiger partial charge in [0, 0.05) is 31.1 Å². The molecule has 2 heterocycles. The van der Waals surface area contributed by atoms with Crippen molar-refractivity contribution >= 4 is 23.4 Å². The minimum Gasteiger partial charge on any atom is -0.465 e. The summed E-state index contributed by atoms with van der Waals surface area (Å²) in [4.78, 5) is 51.3. The third-order valence-corrected chi connectivity index (χ3v) is 5.93. The molecule has 1 aromatic heterocycles. The van der Waals surface area contributed by atoms with Gasteiger partial charge in [-0.05, 0) is 36.8 Å². The predicted molar refractivity (Wildman–Crippen MR) is 128 cm³/mol. The topological polar surface area (TPSA) is 111 Å². The molecule has 2 N–H and O–H groups in total. The van der Waals surface area contributed by atoms with Crippen molar-refractivity contribution in [2.45, 2.75) is 12.8 Å². The summed E-state index contributed by atoms with van der Waals surface area (Å²) in [6.45, 7) is 1.72. The number of para-hydroxylation sites is 1. The van der Waals surface area contributed by atoms with Gasteiger partial charge >= 0.3 is 11.7 Å². The minimum atomic E-state index is -0.780. The second-order valence-electron chi connectivity index (χ2n) is 8.00. The van der Waals surface area contributed by atoms with Crippen molar-refractivity contribution in [3.8, 4) is 0 Å². The molecule has 0 spiro atoms. The molecule has 4 rings (SSSR count). The number of allylic oxidation sites excluding steroid dienone is 1. The molecular weight excluding hydrogens is 436 g/mol. The SMILES string of the molecule is COC(=O)c1ccc(C2C(C(=O)Nc3ccccc3)=C(C)Nc3c2c(=O)n(C)c(=O)n3C)cc1. The van der Waals surface area contributed by atoms with Crippen LogP contribution in [0.4, 0.5) is 11.5 Å². The maximum absolute atomic E-state index is 13.5. The molecule has 1 aliphatic rings. The first-order valence-corrected chi connectivity index (χ1v) is 10.6. The van der Waals surface area contributed by atoms with Crippen LogP contribution in [-0.2, 0) is 23.6 Å². The molecule has 1 unspecified atom stereocenters. The van der Waals surface area contributed by atoms with E-state index in [0.717, 1.165) is 4.57 Å². The van der Waals surface area contributed by atoms with Crippen molar-refractivity contribution < 1.29 is 14.3 Å². The van der Waals surface area contributed by atoms with E-state index in [-0.39, 0.29) is 11.5 Å². The second-order valence-corrected chi connectivity index (χ2v) is 8.00. The lowest BCUT2D eigenvalue weighted by molar-refractivity contribution is -0.113. The van der Waals surface area contributed by atoms with E-state index in [0.29, 0.717) is 33.9 Å². The molecule has 9 nitrogen and oxygen atoms in total. The zero-order valence-electron chi connectivity index (χ0n) is 19.2. The Bertz CT molecular complexity index is 1430. The van der Waals surface area contributed by atoms with Crippen molar-refractivity contribution in [1.82, 2.24) is 9.13 Å². The van der Waals surface area contributed by atoms with E-state index in [1.807, 2.05) is 6.07 Å². The van der Waals surface area contributed by atoms with Crippen LogP contribution in [0.2, 0.25) is 0 Å². The number of nitrogens with zero attached hydrogens (tertiary/aromatic N) is 2. The monoisotopic (exact) mass is 460 g/mol. The Kier molecular flexibility index (Phi) is 5.93. The van der Waals surface area contributed by atoms with Crippen LogP contribution < -0.4 is 21.9 Å². The highest BCUT2D eigenvalue weighted by molar-refractivity contribution is 6.07. The van der Waals surface area contributed by atoms with E-state index in [2.05, 4.69) is 10.6 Å². The molecule has 0 bridgehead atoms. The summed E-state index contributed by atoms with van der Waals surface area (Å²) in [6.07, 6.45) is 0. The van der Waals surface area contributed by atoms with E-state index in [1.165, 1.54) is 18.7 Å². The number of methoxy groups -OCH3 is 1. The summed E-state index contributed by atoms with van der Waals surface area (Å²) in [5.74, 6) is -1.34. The number of benzene rings is 2. The third kappa shape index (κ3) is 3.81. The Morgan fingerprint density at radius 3 is 2.24 bits per heavy atom. The van der Waals surface area contributed by atoms with Crippen LogP contribution in [0, 0.1) is 0 Å². The highest BCUT2D eigenvalue weighted by Gasteiger charge is 2.36. The van der Waals surface area contributed by atoms with E-state index >= 15 is 0 Å². The molecule has 0 aliphatic carbocycles. The van der Waals surface area contributed by atoms with Gasteiger partial charge in [0.05, 0.1) is 24.2 Å². The van der Waals surface area contributed by atoms with Crippen molar-refractivity contribution in [2.75, 3.05) is 17.7 Å². The highest BCUT2D eigenvalue weighted by atomic mass is 16.5. The van der Waals surface area contributed by atoms with E-state index < -0.39 is 23.1 Å². The number of nitrogens with one attached hydrogen (secondary N) is 2. The quantitative estimate of drug-likeness (QED) is 0.578. The fourth-order valence-electron chi connectivity index (χ4n) is 4.17. The van der Waals surface area contributed by atoms with E-state index in [4.69, 9.17) is 4.74 Å². The molecule has 1 atom stereocenters. The van der Waals surface area contributed by atoms with Gasteiger partial charge in [-0.15, -0.1) is 0 Å². The van der Waals surface area contributed by atoms with E-state index in [1.54, 1.807) is 62.5 Å². The number of carbonyl (C=O) groups excluding carboxylic acids is 2. The van der Waals surface area contributed by atoms with Gasteiger partial charge < -0.3 is 15.4 Å². The van der Waals surface area contributed by atoms with Gasteiger partial charge in [0.2, 0.25) is 0 Å². The number of fused-ring (bicyclic) bond motifs is 1. The summed E-state index contributed by atoms with van der Waals surface area (Å²) in [6, 6.07) is 15.5. The average molecular weight is 460 g/mol. The third-order valence-electron chi connectivity index (χ3n) is 5.93. The van der Waals surface area contributed by atoms with Crippen molar-refractivity contribution in [3.63, 3.8) is 0 Å². The lowest BCUT2D eigenvalue weighted by Gasteiger charge is -2.31. The molecular formula is C25H24N4O5. The lowest BCUT2D eigenvalue weighted by Crippen LogP contribution is -2.43. The average Bonchev–Trinajstić information content (AvgIpc) is 2.85. The number of rotatable bonds is 4. The zero-order valence-corrected chi connectivity index (χ0v) is 19.2. The first kappa shape index (κ1) is 22.8. The number of amides is 1. The van der Waals surface area contributed by atoms with Gasteiger partial charge in [-0.3, -0.25) is 18.7 Å². The van der Waals surface area contributed by atoms with Crippen molar-refractivity contribution in [1.29, 1.82) is 0 Å². The maximum atomic E-state index is 13.5. The minimum absolute atomic E-state index is 0.263. The van der Waals surface area contributed by atoms with Gasteiger partial charge in [-0.1, -0.05) is 30.3 Å². The van der Waals surface area contributed by atoms with Crippen LogP contribution in [0.25, 0.3) is 0 Å². The van der Waals surface area contributed by atoms with E-state index in [9.17, 15) is 19.2 Å². The summed E-state index contributed by atoms with van der Waals surface area (Å²) in [5.41, 5.74) is 1.66. The van der Waals surface area contributed by atoms with Crippen molar-refractivity contribution in [3.05, 3.63) is 103 Å². The lowest BCUT2D eigenvalue weighted by atomic mass is 9.81. The normalized spacial score (nSPS) is 14.8. The first-order chi connectivity index (χ1) is 16.2. The molecule has 9 heteroatoms. The van der Waals surface area contributed by atoms with Gasteiger partial charge in [0.15, 0.2) is 0 Å². The van der Waals surface area contributed by atoms with Crippen LogP contribution in [-0.4, -0.2) is 28.1 Å². The number of hydrogen-bond donors (Lipinski definition) is 2. The number of ether oxygens (including phenoxy) is 1. The molecule has 1 aliphatic heterocycles. The Morgan fingerprint density at radius 1 is 0.971 bits per heavy atom. The molecule has 0 radical (unpaired) electrons. The van der Waals surface area contributed by atoms with Crippen LogP contribution in [0.3, 0.4) is 0 Å². The first-order valence-electron chi connectivity index (χ1n) is 10.6. The molecule has 1 amide bonds. The maximum Gasteiger partial charge on any atom is 0.337 e. The fraction of sp³-hybridized carbons (Fsp3) is 0.200. The smallest absolute Gasteiger partial charge is 0.337 e. The van der Waals surface area contributed by atoms with Crippen LogP contribution >= 0.6 is 0 Å². The number of esters is 1. The molecule has 3 aromatic rings. The Hall–Kier alpha value is -4.40. The Morgan fingerprint density at radius 2 is 1.62 bits per heavy atom. The van der Waals surface area contributed by atoms with Crippen molar-refractivity contribution in [2.24, 2.45) is 14.1 Å². The van der Waals surface area contributed by atoms with Gasteiger partial charge in [0.1, 0.15) is 5.82 Å². The fourth-order valence-corrected chi connectivity index (χ4v) is 4.17. The standard InChI is InChI=1S/C25H24N4O5/c1-14-18(22(30)27-17-8-6-5-7-9-17)19(15-10-12-16(13-11-15)24(32)34-4)20-21(26-14)28(2)25(33)29(3)23(20)31/h5-13,19,26H,1-4H3,(H,27,30). The number of aromatic nitrogens is 2. The molecule has 2 aromatic carbocycles. The molecule has 34 heavy (non-hydrogen) atoms. The Balaban J connectivity index is 1.92. The van der Waals surface area contributed by atoms with Gasteiger partial charge in [-0.2, -0.15) is 0 Å². The van der Waals surface area contributed by atoms with Crippen LogP contribution in [0.5, 0.6) is 0 Å². The summed E-state index contributed by atoms with van der Waals surface area (Å²) in [5, 5.41) is 5.97. The highest BCUT2D eigenvalue weighted by Crippen LogP contribution is 2.40. The van der Waals surface area contributed by atoms with Gasteiger partial charge in [-0.25, -0.2) is 9.59 Å². The number of anilines is 2.